The summed E-state index contributed by atoms with van der Waals surface area (Å²) in [4.78, 5) is 29.4. The third-order valence-electron chi connectivity index (χ3n) is 6.36. The molecule has 0 saturated heterocycles. The van der Waals surface area contributed by atoms with Gasteiger partial charge in [0.05, 0.1) is 11.9 Å². The first-order chi connectivity index (χ1) is 18.8. The summed E-state index contributed by atoms with van der Waals surface area (Å²) in [6.45, 7) is 7.21. The van der Waals surface area contributed by atoms with Crippen molar-refractivity contribution >= 4 is 39.1 Å². The van der Waals surface area contributed by atoms with Crippen molar-refractivity contribution in [2.75, 3.05) is 17.1 Å². The number of aryl methyl sites for hydroxylation is 1. The van der Waals surface area contributed by atoms with Crippen LogP contribution in [0.1, 0.15) is 44.4 Å². The highest BCUT2D eigenvalue weighted by atomic mass is 35.5. The minimum absolute atomic E-state index is 0.0953. The number of nitrogens with one attached hydrogen (secondary N) is 1. The molecule has 3 rings (SSSR count). The molecule has 0 radical (unpaired) electrons. The van der Waals surface area contributed by atoms with Crippen molar-refractivity contribution < 1.29 is 18.0 Å². The Labute approximate surface area is 243 Å². The Kier molecular flexibility index (Phi) is 10.4. The summed E-state index contributed by atoms with van der Waals surface area (Å²) in [7, 11) is -3.82. The number of anilines is 1. The van der Waals surface area contributed by atoms with E-state index < -0.39 is 34.1 Å². The zero-order valence-corrected chi connectivity index (χ0v) is 25.3. The Bertz CT molecular complexity index is 1400. The van der Waals surface area contributed by atoms with E-state index in [1.54, 1.807) is 36.4 Å². The summed E-state index contributed by atoms with van der Waals surface area (Å²) < 4.78 is 27.1. The topological polar surface area (TPSA) is 86.8 Å². The Balaban J connectivity index is 2.09. The maximum atomic E-state index is 14.2. The van der Waals surface area contributed by atoms with E-state index in [1.165, 1.54) is 4.90 Å². The lowest BCUT2D eigenvalue weighted by atomic mass is 10.0. The third kappa shape index (κ3) is 8.83. The normalized spacial score (nSPS) is 12.4. The Morgan fingerprint density at radius 1 is 0.900 bits per heavy atom. The van der Waals surface area contributed by atoms with Gasteiger partial charge in [0.2, 0.25) is 21.8 Å². The molecule has 3 aromatic carbocycles. The average molecular weight is 584 g/mol. The standard InChI is InChI=1S/C31H38ClN3O4S/c1-6-25-14-10-11-15-27(25)35(40(5,38)39)22-29(36)34(21-24-16-18-26(32)19-17-24)28(30(37)33-31(2,3)4)20-23-12-8-7-9-13-23/h7-19,28H,6,20-22H2,1-5H3,(H,33,37)/t28-/m0/s1. The predicted molar refractivity (Wildman–Crippen MR) is 162 cm³/mol. The molecule has 2 amide bonds. The van der Waals surface area contributed by atoms with Crippen LogP contribution in [0, 0.1) is 0 Å². The first-order valence-corrected chi connectivity index (χ1v) is 15.5. The van der Waals surface area contributed by atoms with E-state index in [-0.39, 0.29) is 18.9 Å². The van der Waals surface area contributed by atoms with Crippen LogP contribution in [0.5, 0.6) is 0 Å². The molecule has 9 heteroatoms. The number of amides is 2. The molecule has 0 fully saturated rings. The molecule has 0 unspecified atom stereocenters. The summed E-state index contributed by atoms with van der Waals surface area (Å²) in [5, 5.41) is 3.57. The third-order valence-corrected chi connectivity index (χ3v) is 7.73. The number of carbonyl (C=O) groups is 2. The largest absolute Gasteiger partial charge is 0.350 e. The van der Waals surface area contributed by atoms with Crippen LogP contribution in [0.15, 0.2) is 78.9 Å². The van der Waals surface area contributed by atoms with Gasteiger partial charge in [0, 0.05) is 23.5 Å². The van der Waals surface area contributed by atoms with Gasteiger partial charge < -0.3 is 10.2 Å². The number of hydrogen-bond acceptors (Lipinski definition) is 4. The molecule has 0 aromatic heterocycles. The summed E-state index contributed by atoms with van der Waals surface area (Å²) in [6.07, 6.45) is 1.94. The van der Waals surface area contributed by atoms with Gasteiger partial charge in [-0.15, -0.1) is 0 Å². The minimum atomic E-state index is -3.82. The molecule has 0 bridgehead atoms. The van der Waals surface area contributed by atoms with Crippen LogP contribution in [0.3, 0.4) is 0 Å². The quantitative estimate of drug-likeness (QED) is 0.335. The Morgan fingerprint density at radius 2 is 1.50 bits per heavy atom. The number of para-hydroxylation sites is 1. The molecule has 1 N–H and O–H groups in total. The van der Waals surface area contributed by atoms with Gasteiger partial charge in [-0.1, -0.05) is 79.2 Å². The van der Waals surface area contributed by atoms with E-state index in [0.29, 0.717) is 17.1 Å². The lowest BCUT2D eigenvalue weighted by Gasteiger charge is -2.35. The molecule has 1 atom stereocenters. The highest BCUT2D eigenvalue weighted by Gasteiger charge is 2.34. The van der Waals surface area contributed by atoms with Crippen LogP contribution >= 0.6 is 11.6 Å². The van der Waals surface area contributed by atoms with Crippen molar-refractivity contribution in [1.29, 1.82) is 0 Å². The van der Waals surface area contributed by atoms with Gasteiger partial charge in [-0.2, -0.15) is 0 Å². The second-order valence-electron chi connectivity index (χ2n) is 10.8. The molecule has 0 aliphatic rings. The van der Waals surface area contributed by atoms with Crippen LogP contribution in [0.2, 0.25) is 5.02 Å². The molecule has 0 aliphatic heterocycles. The van der Waals surface area contributed by atoms with Gasteiger partial charge >= 0.3 is 0 Å². The number of nitrogens with zero attached hydrogens (tertiary/aromatic N) is 2. The lowest BCUT2D eigenvalue weighted by Crippen LogP contribution is -2.56. The van der Waals surface area contributed by atoms with Gasteiger partial charge in [0.15, 0.2) is 0 Å². The van der Waals surface area contributed by atoms with Crippen molar-refractivity contribution in [3.05, 3.63) is 101 Å². The minimum Gasteiger partial charge on any atom is -0.350 e. The molecule has 40 heavy (non-hydrogen) atoms. The average Bonchev–Trinajstić information content (AvgIpc) is 2.89. The molecule has 0 spiro atoms. The highest BCUT2D eigenvalue weighted by molar-refractivity contribution is 7.92. The van der Waals surface area contributed by atoms with E-state index in [0.717, 1.165) is 27.3 Å². The molecule has 3 aromatic rings. The molecule has 0 saturated carbocycles. The van der Waals surface area contributed by atoms with Gasteiger partial charge in [-0.3, -0.25) is 13.9 Å². The van der Waals surface area contributed by atoms with Crippen molar-refractivity contribution in [1.82, 2.24) is 10.2 Å². The van der Waals surface area contributed by atoms with Gasteiger partial charge in [0.25, 0.3) is 0 Å². The maximum Gasteiger partial charge on any atom is 0.244 e. The van der Waals surface area contributed by atoms with Crippen molar-refractivity contribution in [3.63, 3.8) is 0 Å². The summed E-state index contributed by atoms with van der Waals surface area (Å²) >= 11 is 6.10. The summed E-state index contributed by atoms with van der Waals surface area (Å²) in [5.74, 6) is -0.810. The maximum absolute atomic E-state index is 14.2. The Morgan fingerprint density at radius 3 is 2.08 bits per heavy atom. The van der Waals surface area contributed by atoms with Crippen LogP contribution in [0.25, 0.3) is 0 Å². The van der Waals surface area contributed by atoms with Crippen molar-refractivity contribution in [3.8, 4) is 0 Å². The first kappa shape index (κ1) is 31.2. The van der Waals surface area contributed by atoms with Crippen LogP contribution in [-0.4, -0.2) is 49.5 Å². The van der Waals surface area contributed by atoms with E-state index in [9.17, 15) is 18.0 Å². The van der Waals surface area contributed by atoms with Gasteiger partial charge in [-0.05, 0) is 62.1 Å². The van der Waals surface area contributed by atoms with Crippen LogP contribution < -0.4 is 9.62 Å². The fourth-order valence-corrected chi connectivity index (χ4v) is 5.45. The molecule has 214 valence electrons. The fraction of sp³-hybridized carbons (Fsp3) is 0.355. The molecular weight excluding hydrogens is 546 g/mol. The predicted octanol–water partition coefficient (Wildman–Crippen LogP) is 5.22. The zero-order valence-electron chi connectivity index (χ0n) is 23.7. The SMILES string of the molecule is CCc1ccccc1N(CC(=O)N(Cc1ccc(Cl)cc1)[C@@H](Cc1ccccc1)C(=O)NC(C)(C)C)S(C)(=O)=O. The molecule has 0 heterocycles. The van der Waals surface area contributed by atoms with E-state index in [1.807, 2.05) is 70.2 Å². The van der Waals surface area contributed by atoms with E-state index >= 15 is 0 Å². The highest BCUT2D eigenvalue weighted by Crippen LogP contribution is 2.25. The number of benzene rings is 3. The number of sulfonamides is 1. The number of rotatable bonds is 11. The molecule has 7 nitrogen and oxygen atoms in total. The fourth-order valence-electron chi connectivity index (χ4n) is 4.44. The smallest absolute Gasteiger partial charge is 0.244 e. The van der Waals surface area contributed by atoms with E-state index in [2.05, 4.69) is 5.32 Å². The van der Waals surface area contributed by atoms with Gasteiger partial charge in [-0.25, -0.2) is 8.42 Å². The zero-order chi connectivity index (χ0) is 29.5. The number of halogens is 1. The van der Waals surface area contributed by atoms with Crippen molar-refractivity contribution in [2.24, 2.45) is 0 Å². The van der Waals surface area contributed by atoms with Crippen molar-refractivity contribution in [2.45, 2.75) is 58.7 Å². The Hall–Kier alpha value is -3.36. The number of carbonyl (C=O) groups excluding carboxylic acids is 2. The molecule has 0 aliphatic carbocycles. The summed E-state index contributed by atoms with van der Waals surface area (Å²) in [6, 6.07) is 22.7. The van der Waals surface area contributed by atoms with Crippen LogP contribution in [-0.2, 0) is 39.0 Å². The molecular formula is C31H38ClN3O4S. The second-order valence-corrected chi connectivity index (χ2v) is 13.2. The number of hydrogen-bond donors (Lipinski definition) is 1. The van der Waals surface area contributed by atoms with Gasteiger partial charge in [0.1, 0.15) is 12.6 Å². The second kappa shape index (κ2) is 13.3. The summed E-state index contributed by atoms with van der Waals surface area (Å²) in [5.41, 5.74) is 2.35. The first-order valence-electron chi connectivity index (χ1n) is 13.2. The van der Waals surface area contributed by atoms with E-state index in [4.69, 9.17) is 11.6 Å². The monoisotopic (exact) mass is 583 g/mol. The lowest BCUT2D eigenvalue weighted by molar-refractivity contribution is -0.140. The van der Waals surface area contributed by atoms with Crippen LogP contribution in [0.4, 0.5) is 5.69 Å².